The van der Waals surface area contributed by atoms with Gasteiger partial charge in [-0.3, -0.25) is 0 Å². The second-order valence-corrected chi connectivity index (χ2v) is 5.31. The molecule has 2 heterocycles. The molecule has 1 fully saturated rings. The Morgan fingerprint density at radius 2 is 2.15 bits per heavy atom. The summed E-state index contributed by atoms with van der Waals surface area (Å²) in [6.45, 7) is 2.91. The van der Waals surface area contributed by atoms with E-state index >= 15 is 0 Å². The molecule has 106 valence electrons. The zero-order valence-corrected chi connectivity index (χ0v) is 11.9. The zero-order valence-electron chi connectivity index (χ0n) is 11.9. The highest BCUT2D eigenvalue weighted by Crippen LogP contribution is 2.31. The summed E-state index contributed by atoms with van der Waals surface area (Å²) in [6.07, 6.45) is 3.24. The Labute approximate surface area is 118 Å². The van der Waals surface area contributed by atoms with Crippen LogP contribution in [-0.4, -0.2) is 34.8 Å². The van der Waals surface area contributed by atoms with Gasteiger partial charge in [-0.1, -0.05) is 23.4 Å². The van der Waals surface area contributed by atoms with Crippen LogP contribution in [0.15, 0.2) is 36.5 Å². The van der Waals surface area contributed by atoms with Gasteiger partial charge in [0.25, 0.3) is 0 Å². The lowest BCUT2D eigenvalue weighted by molar-refractivity contribution is 0.117. The number of nitrogens with zero attached hydrogens (tertiary/aromatic N) is 3. The lowest BCUT2D eigenvalue weighted by Crippen LogP contribution is -2.28. The highest BCUT2D eigenvalue weighted by atomic mass is 16.5. The largest absolute Gasteiger partial charge is 0.378 e. The Balaban J connectivity index is 1.91. The van der Waals surface area contributed by atoms with Crippen molar-refractivity contribution in [3.8, 4) is 5.69 Å². The molecule has 5 heteroatoms. The number of hydrogen-bond donors (Lipinski definition) is 1. The molecule has 1 aromatic heterocycles. The van der Waals surface area contributed by atoms with Gasteiger partial charge in [0.2, 0.25) is 0 Å². The monoisotopic (exact) mass is 272 g/mol. The third-order valence-electron chi connectivity index (χ3n) is 3.91. The van der Waals surface area contributed by atoms with Crippen LogP contribution in [-0.2, 0) is 4.74 Å². The van der Waals surface area contributed by atoms with Crippen LogP contribution in [0.2, 0.25) is 0 Å². The van der Waals surface area contributed by atoms with E-state index < -0.39 is 0 Å². The normalized spacial score (nSPS) is 23.9. The summed E-state index contributed by atoms with van der Waals surface area (Å²) in [5.74, 6) is 0.455. The number of hydrogen-bond acceptors (Lipinski definition) is 4. The summed E-state index contributed by atoms with van der Waals surface area (Å²) in [7, 11) is 1.98. The topological polar surface area (TPSA) is 52.0 Å². The van der Waals surface area contributed by atoms with Crippen LogP contribution in [0.3, 0.4) is 0 Å². The maximum atomic E-state index is 5.70. The number of para-hydroxylation sites is 1. The van der Waals surface area contributed by atoms with Gasteiger partial charge in [-0.25, -0.2) is 4.68 Å². The van der Waals surface area contributed by atoms with E-state index in [9.17, 15) is 0 Å². The lowest BCUT2D eigenvalue weighted by atomic mass is 9.94. The van der Waals surface area contributed by atoms with Gasteiger partial charge in [0, 0.05) is 5.92 Å². The van der Waals surface area contributed by atoms with Gasteiger partial charge in [-0.05, 0) is 32.5 Å². The van der Waals surface area contributed by atoms with Crippen molar-refractivity contribution in [2.75, 3.05) is 13.7 Å². The molecule has 1 saturated heterocycles. The molecule has 5 nitrogen and oxygen atoms in total. The minimum absolute atomic E-state index is 0.204. The maximum Gasteiger partial charge on any atom is 0.0818 e. The summed E-state index contributed by atoms with van der Waals surface area (Å²) in [6, 6.07) is 10.3. The Kier molecular flexibility index (Phi) is 3.80. The van der Waals surface area contributed by atoms with Crippen molar-refractivity contribution < 1.29 is 4.74 Å². The van der Waals surface area contributed by atoms with E-state index in [1.165, 1.54) is 0 Å². The Morgan fingerprint density at radius 1 is 1.35 bits per heavy atom. The van der Waals surface area contributed by atoms with Gasteiger partial charge in [-0.2, -0.15) is 0 Å². The molecule has 0 amide bonds. The molecule has 3 unspecified atom stereocenters. The van der Waals surface area contributed by atoms with Crippen LogP contribution in [0.5, 0.6) is 0 Å². The number of rotatable bonds is 4. The van der Waals surface area contributed by atoms with Crippen molar-refractivity contribution >= 4 is 0 Å². The third-order valence-corrected chi connectivity index (χ3v) is 3.91. The zero-order chi connectivity index (χ0) is 13.9. The average molecular weight is 272 g/mol. The number of nitrogens with one attached hydrogen (secondary N) is 1. The molecule has 1 aromatic carbocycles. The molecule has 2 aromatic rings. The fourth-order valence-corrected chi connectivity index (χ4v) is 2.93. The minimum Gasteiger partial charge on any atom is -0.378 e. The first-order valence-corrected chi connectivity index (χ1v) is 7.04. The van der Waals surface area contributed by atoms with E-state index in [1.807, 2.05) is 48.3 Å². The van der Waals surface area contributed by atoms with E-state index in [4.69, 9.17) is 4.74 Å². The molecule has 0 radical (unpaired) electrons. The van der Waals surface area contributed by atoms with Gasteiger partial charge >= 0.3 is 0 Å². The van der Waals surface area contributed by atoms with Crippen LogP contribution in [0, 0.1) is 5.92 Å². The second kappa shape index (κ2) is 5.73. The number of ether oxygens (including phenoxy) is 1. The van der Waals surface area contributed by atoms with Crippen LogP contribution in [0.1, 0.15) is 25.1 Å². The maximum absolute atomic E-state index is 5.70. The molecule has 0 aliphatic carbocycles. The van der Waals surface area contributed by atoms with E-state index in [1.54, 1.807) is 0 Å². The SMILES string of the molecule is CNC(c1cnnn1-c1ccccc1)C1COC(C)C1. The molecule has 0 spiro atoms. The highest BCUT2D eigenvalue weighted by Gasteiger charge is 2.32. The molecular formula is C15H20N4O. The number of aromatic nitrogens is 3. The lowest BCUT2D eigenvalue weighted by Gasteiger charge is -2.22. The van der Waals surface area contributed by atoms with Gasteiger partial charge in [0.05, 0.1) is 36.3 Å². The predicted octanol–water partition coefficient (Wildman–Crippen LogP) is 1.95. The van der Waals surface area contributed by atoms with Crippen LogP contribution >= 0.6 is 0 Å². The van der Waals surface area contributed by atoms with Crippen LogP contribution in [0.25, 0.3) is 5.69 Å². The smallest absolute Gasteiger partial charge is 0.0818 e. The fourth-order valence-electron chi connectivity index (χ4n) is 2.93. The van der Waals surface area contributed by atoms with Crippen LogP contribution in [0.4, 0.5) is 0 Å². The number of benzene rings is 1. The van der Waals surface area contributed by atoms with Crippen molar-refractivity contribution in [1.29, 1.82) is 0 Å². The molecule has 1 aliphatic heterocycles. The third kappa shape index (κ3) is 2.46. The average Bonchev–Trinajstić information content (AvgIpc) is 3.11. The first kappa shape index (κ1) is 13.3. The van der Waals surface area contributed by atoms with Gasteiger partial charge in [0.1, 0.15) is 0 Å². The molecule has 3 rings (SSSR count). The van der Waals surface area contributed by atoms with Crippen molar-refractivity contribution in [1.82, 2.24) is 20.3 Å². The second-order valence-electron chi connectivity index (χ2n) is 5.31. The Hall–Kier alpha value is -1.72. The first-order chi connectivity index (χ1) is 9.79. The van der Waals surface area contributed by atoms with Crippen molar-refractivity contribution in [3.05, 3.63) is 42.2 Å². The van der Waals surface area contributed by atoms with Crippen LogP contribution < -0.4 is 5.32 Å². The van der Waals surface area contributed by atoms with E-state index in [0.29, 0.717) is 12.0 Å². The fraction of sp³-hybridized carbons (Fsp3) is 0.467. The molecule has 3 atom stereocenters. The van der Waals surface area contributed by atoms with Gasteiger partial charge in [0.15, 0.2) is 0 Å². The van der Waals surface area contributed by atoms with Crippen molar-refractivity contribution in [2.24, 2.45) is 5.92 Å². The summed E-state index contributed by atoms with van der Waals surface area (Å²) in [5, 5.41) is 11.7. The van der Waals surface area contributed by atoms with Gasteiger partial charge in [-0.15, -0.1) is 5.10 Å². The van der Waals surface area contributed by atoms with E-state index in [-0.39, 0.29) is 6.04 Å². The molecular weight excluding hydrogens is 252 g/mol. The van der Waals surface area contributed by atoms with Crippen molar-refractivity contribution in [3.63, 3.8) is 0 Å². The molecule has 0 saturated carbocycles. The van der Waals surface area contributed by atoms with E-state index in [0.717, 1.165) is 24.4 Å². The summed E-state index contributed by atoms with van der Waals surface area (Å²) in [4.78, 5) is 0. The Morgan fingerprint density at radius 3 is 2.80 bits per heavy atom. The Bertz CT molecular complexity index is 554. The minimum atomic E-state index is 0.204. The molecule has 20 heavy (non-hydrogen) atoms. The van der Waals surface area contributed by atoms with Gasteiger partial charge < -0.3 is 10.1 Å². The first-order valence-electron chi connectivity index (χ1n) is 7.04. The van der Waals surface area contributed by atoms with Crippen molar-refractivity contribution in [2.45, 2.75) is 25.5 Å². The quantitative estimate of drug-likeness (QED) is 0.924. The molecule has 1 N–H and O–H groups in total. The molecule has 0 bridgehead atoms. The summed E-state index contributed by atoms with van der Waals surface area (Å²) < 4.78 is 7.61. The summed E-state index contributed by atoms with van der Waals surface area (Å²) in [5.41, 5.74) is 2.12. The van der Waals surface area contributed by atoms with E-state index in [2.05, 4.69) is 22.6 Å². The summed E-state index contributed by atoms with van der Waals surface area (Å²) >= 11 is 0. The standard InChI is InChI=1S/C15H20N4O/c1-11-8-12(10-20-11)15(16-2)14-9-17-18-19(14)13-6-4-3-5-7-13/h3-7,9,11-12,15-16H,8,10H2,1-2H3. The highest BCUT2D eigenvalue weighted by molar-refractivity contribution is 5.32. The predicted molar refractivity (Wildman–Crippen MR) is 76.7 cm³/mol. The molecule has 1 aliphatic rings.